The van der Waals surface area contributed by atoms with Crippen molar-refractivity contribution in [3.8, 4) is 5.75 Å². The van der Waals surface area contributed by atoms with Gasteiger partial charge >= 0.3 is 0 Å². The van der Waals surface area contributed by atoms with Crippen LogP contribution in [0.25, 0.3) is 0 Å². The third-order valence-electron chi connectivity index (χ3n) is 3.50. The molecule has 2 N–H and O–H groups in total. The van der Waals surface area contributed by atoms with Gasteiger partial charge in [0.05, 0.1) is 5.69 Å². The third kappa shape index (κ3) is 3.97. The Morgan fingerprint density at radius 2 is 1.42 bits per heavy atom. The van der Waals surface area contributed by atoms with Gasteiger partial charge in [0.2, 0.25) is 5.91 Å². The predicted molar refractivity (Wildman–Crippen MR) is 98.2 cm³/mol. The Kier molecular flexibility index (Phi) is 5.18. The fraction of sp³-hybridized carbons (Fsp3) is 0.0500. The molecular formula is C20H17NO2S. The monoisotopic (exact) mass is 335 g/mol. The largest absolute Gasteiger partial charge is 0.506 e. The van der Waals surface area contributed by atoms with Gasteiger partial charge in [-0.15, -0.1) is 11.8 Å². The number of thioether (sulfide) groups is 1. The summed E-state index contributed by atoms with van der Waals surface area (Å²) in [5.74, 6) is -0.112. The van der Waals surface area contributed by atoms with Gasteiger partial charge in [0, 0.05) is 4.90 Å². The highest BCUT2D eigenvalue weighted by Crippen LogP contribution is 2.36. The number of benzene rings is 3. The van der Waals surface area contributed by atoms with Crippen molar-refractivity contribution in [2.75, 3.05) is 5.32 Å². The molecule has 0 spiro atoms. The number of anilines is 1. The van der Waals surface area contributed by atoms with E-state index in [9.17, 15) is 9.90 Å². The minimum Gasteiger partial charge on any atom is -0.506 e. The smallest absolute Gasteiger partial charge is 0.242 e. The standard InChI is InChI=1S/C20H17NO2S/c22-18-14-8-7-13-17(18)21-20(23)19(15-9-3-1-4-10-15)24-16-11-5-2-6-12-16/h1-14,19,22H,(H,21,23)/t19-/m0/s1. The van der Waals surface area contributed by atoms with Gasteiger partial charge in [-0.1, -0.05) is 60.7 Å². The Bertz CT molecular complexity index is 806. The van der Waals surface area contributed by atoms with Crippen LogP contribution in [0.3, 0.4) is 0 Å². The van der Waals surface area contributed by atoms with Crippen LogP contribution in [-0.2, 0) is 4.79 Å². The molecule has 3 aromatic rings. The Morgan fingerprint density at radius 1 is 0.833 bits per heavy atom. The van der Waals surface area contributed by atoms with Gasteiger partial charge in [-0.25, -0.2) is 0 Å². The van der Waals surface area contributed by atoms with E-state index in [1.807, 2.05) is 60.7 Å². The molecule has 0 bridgehead atoms. The average Bonchev–Trinajstić information content (AvgIpc) is 2.63. The lowest BCUT2D eigenvalue weighted by Gasteiger charge is -2.17. The number of carbonyl (C=O) groups is 1. The summed E-state index contributed by atoms with van der Waals surface area (Å²) < 4.78 is 0. The number of rotatable bonds is 5. The van der Waals surface area contributed by atoms with Gasteiger partial charge in [0.15, 0.2) is 0 Å². The second-order valence-electron chi connectivity index (χ2n) is 5.23. The van der Waals surface area contributed by atoms with Crippen LogP contribution in [0.15, 0.2) is 89.8 Å². The minimum atomic E-state index is -0.409. The first-order valence-electron chi connectivity index (χ1n) is 7.59. The number of para-hydroxylation sites is 2. The molecule has 4 heteroatoms. The first kappa shape index (κ1) is 16.1. The number of carbonyl (C=O) groups excluding carboxylic acids is 1. The summed E-state index contributed by atoms with van der Waals surface area (Å²) >= 11 is 1.48. The van der Waals surface area contributed by atoms with E-state index in [0.29, 0.717) is 5.69 Å². The summed E-state index contributed by atoms with van der Waals surface area (Å²) in [6, 6.07) is 26.2. The highest BCUT2D eigenvalue weighted by Gasteiger charge is 2.22. The highest BCUT2D eigenvalue weighted by molar-refractivity contribution is 8.00. The van der Waals surface area contributed by atoms with Crippen molar-refractivity contribution in [1.82, 2.24) is 0 Å². The summed E-state index contributed by atoms with van der Waals surface area (Å²) in [4.78, 5) is 13.8. The van der Waals surface area contributed by atoms with Gasteiger partial charge in [-0.05, 0) is 29.8 Å². The van der Waals surface area contributed by atoms with Crippen molar-refractivity contribution >= 4 is 23.4 Å². The van der Waals surface area contributed by atoms with Crippen LogP contribution >= 0.6 is 11.8 Å². The van der Waals surface area contributed by atoms with Crippen LogP contribution < -0.4 is 5.32 Å². The zero-order valence-electron chi connectivity index (χ0n) is 12.9. The fourth-order valence-corrected chi connectivity index (χ4v) is 3.36. The van der Waals surface area contributed by atoms with Crippen LogP contribution in [0.2, 0.25) is 0 Å². The maximum absolute atomic E-state index is 12.8. The topological polar surface area (TPSA) is 49.3 Å². The highest BCUT2D eigenvalue weighted by atomic mass is 32.2. The predicted octanol–water partition coefficient (Wildman–Crippen LogP) is 4.86. The molecule has 3 aromatic carbocycles. The van der Waals surface area contributed by atoms with E-state index in [0.717, 1.165) is 10.5 Å². The van der Waals surface area contributed by atoms with Crippen molar-refractivity contribution in [2.45, 2.75) is 10.1 Å². The molecule has 0 saturated heterocycles. The Hall–Kier alpha value is -2.72. The molecule has 0 saturated carbocycles. The van der Waals surface area contributed by atoms with Crippen LogP contribution in [0, 0.1) is 0 Å². The number of amides is 1. The molecule has 0 aliphatic rings. The van der Waals surface area contributed by atoms with Crippen LogP contribution in [0.5, 0.6) is 5.75 Å². The van der Waals surface area contributed by atoms with Gasteiger partial charge in [-0.2, -0.15) is 0 Å². The lowest BCUT2D eigenvalue weighted by Crippen LogP contribution is -2.19. The molecule has 0 aliphatic heterocycles. The number of hydrogen-bond donors (Lipinski definition) is 2. The fourth-order valence-electron chi connectivity index (χ4n) is 2.31. The first-order chi connectivity index (χ1) is 11.7. The van der Waals surface area contributed by atoms with Crippen molar-refractivity contribution in [2.24, 2.45) is 0 Å². The SMILES string of the molecule is O=C(Nc1ccccc1O)[C@@H](Sc1ccccc1)c1ccccc1. The molecule has 0 fully saturated rings. The Labute approximate surface area is 145 Å². The first-order valence-corrected chi connectivity index (χ1v) is 8.47. The van der Waals surface area contributed by atoms with Crippen molar-refractivity contribution in [3.63, 3.8) is 0 Å². The van der Waals surface area contributed by atoms with E-state index in [4.69, 9.17) is 0 Å². The van der Waals surface area contributed by atoms with Crippen LogP contribution in [-0.4, -0.2) is 11.0 Å². The maximum atomic E-state index is 12.8. The van der Waals surface area contributed by atoms with Crippen molar-refractivity contribution < 1.29 is 9.90 Å². The lowest BCUT2D eigenvalue weighted by molar-refractivity contribution is -0.115. The minimum absolute atomic E-state index is 0.0578. The van der Waals surface area contributed by atoms with Gasteiger partial charge in [-0.3, -0.25) is 4.79 Å². The summed E-state index contributed by atoms with van der Waals surface area (Å²) in [6.07, 6.45) is 0. The average molecular weight is 335 g/mol. The van der Waals surface area contributed by atoms with Crippen LogP contribution in [0.1, 0.15) is 10.8 Å². The molecule has 0 unspecified atom stereocenters. The third-order valence-corrected chi connectivity index (χ3v) is 4.77. The quantitative estimate of drug-likeness (QED) is 0.517. The van der Waals surface area contributed by atoms with E-state index < -0.39 is 5.25 Å². The summed E-state index contributed by atoms with van der Waals surface area (Å²) in [6.45, 7) is 0. The zero-order valence-corrected chi connectivity index (χ0v) is 13.7. The zero-order chi connectivity index (χ0) is 16.8. The van der Waals surface area contributed by atoms with Crippen molar-refractivity contribution in [1.29, 1.82) is 0 Å². The maximum Gasteiger partial charge on any atom is 0.242 e. The van der Waals surface area contributed by atoms with E-state index in [1.165, 1.54) is 11.8 Å². The van der Waals surface area contributed by atoms with E-state index in [-0.39, 0.29) is 11.7 Å². The van der Waals surface area contributed by atoms with Gasteiger partial charge in [0.1, 0.15) is 11.0 Å². The molecule has 3 nitrogen and oxygen atoms in total. The molecule has 0 radical (unpaired) electrons. The molecule has 120 valence electrons. The molecule has 0 heterocycles. The van der Waals surface area contributed by atoms with Gasteiger partial charge in [0.25, 0.3) is 0 Å². The summed E-state index contributed by atoms with van der Waals surface area (Å²) in [7, 11) is 0. The lowest BCUT2D eigenvalue weighted by atomic mass is 10.1. The molecule has 1 atom stereocenters. The van der Waals surface area contributed by atoms with Gasteiger partial charge < -0.3 is 10.4 Å². The molecule has 3 rings (SSSR count). The molecule has 1 amide bonds. The summed E-state index contributed by atoms with van der Waals surface area (Å²) in [5, 5.41) is 12.3. The molecule has 0 aromatic heterocycles. The van der Waals surface area contributed by atoms with Crippen molar-refractivity contribution in [3.05, 3.63) is 90.5 Å². The Morgan fingerprint density at radius 3 is 2.08 bits per heavy atom. The van der Waals surface area contributed by atoms with Crippen LogP contribution in [0.4, 0.5) is 5.69 Å². The normalized spacial score (nSPS) is 11.7. The molecule has 24 heavy (non-hydrogen) atoms. The number of aromatic hydroxyl groups is 1. The number of phenolic OH excluding ortho intramolecular Hbond substituents is 1. The number of hydrogen-bond acceptors (Lipinski definition) is 3. The van der Waals surface area contributed by atoms with E-state index in [2.05, 4.69) is 5.32 Å². The van der Waals surface area contributed by atoms with E-state index >= 15 is 0 Å². The Balaban J connectivity index is 1.87. The van der Waals surface area contributed by atoms with E-state index in [1.54, 1.807) is 24.3 Å². The number of nitrogens with one attached hydrogen (secondary N) is 1. The second kappa shape index (κ2) is 7.70. The number of phenols is 1. The second-order valence-corrected chi connectivity index (χ2v) is 6.41. The summed E-state index contributed by atoms with van der Waals surface area (Å²) in [5.41, 5.74) is 1.33. The molecular weight excluding hydrogens is 318 g/mol. The molecule has 0 aliphatic carbocycles.